The third kappa shape index (κ3) is 2.77. The quantitative estimate of drug-likeness (QED) is 0.721. The van der Waals surface area contributed by atoms with E-state index < -0.39 is 0 Å². The van der Waals surface area contributed by atoms with Crippen molar-refractivity contribution in [3.05, 3.63) is 65.2 Å². The van der Waals surface area contributed by atoms with Gasteiger partial charge in [-0.05, 0) is 36.3 Å². The molecule has 0 saturated carbocycles. The normalized spacial score (nSPS) is 11.4. The molecular formula is C16H15FO. The number of ether oxygens (including phenoxy) is 1. The van der Waals surface area contributed by atoms with Crippen LogP contribution >= 0.6 is 0 Å². The highest BCUT2D eigenvalue weighted by Crippen LogP contribution is 2.23. The molecular weight excluding hydrogens is 227 g/mol. The summed E-state index contributed by atoms with van der Waals surface area (Å²) in [7, 11) is 1.61. The van der Waals surface area contributed by atoms with Crippen molar-refractivity contribution in [3.8, 4) is 5.75 Å². The lowest BCUT2D eigenvalue weighted by Gasteiger charge is -2.03. The van der Waals surface area contributed by atoms with Crippen LogP contribution in [0.4, 0.5) is 4.39 Å². The van der Waals surface area contributed by atoms with Crippen molar-refractivity contribution in [2.45, 2.75) is 6.92 Å². The van der Waals surface area contributed by atoms with Gasteiger partial charge in [-0.1, -0.05) is 36.4 Å². The molecule has 0 bridgehead atoms. The molecule has 0 spiro atoms. The molecule has 0 aliphatic rings. The Morgan fingerprint density at radius 2 is 1.72 bits per heavy atom. The number of aryl methyl sites for hydroxylation is 1. The summed E-state index contributed by atoms with van der Waals surface area (Å²) in [5.74, 6) is 0.543. The molecule has 0 aliphatic carbocycles. The molecule has 0 amide bonds. The third-order valence-electron chi connectivity index (χ3n) is 2.81. The first-order valence-electron chi connectivity index (χ1n) is 5.78. The van der Waals surface area contributed by atoms with Crippen molar-refractivity contribution in [1.82, 2.24) is 0 Å². The molecule has 2 rings (SSSR count). The van der Waals surface area contributed by atoms with Crippen LogP contribution in [0.15, 0.2) is 48.5 Å². The van der Waals surface area contributed by atoms with E-state index in [0.717, 1.165) is 16.9 Å². The zero-order valence-electron chi connectivity index (χ0n) is 10.5. The van der Waals surface area contributed by atoms with Crippen LogP contribution in [0, 0.1) is 6.92 Å². The third-order valence-corrected chi connectivity index (χ3v) is 2.81. The number of methoxy groups -OCH3 is 1. The standard InChI is InChI=1S/C16H15FO/c1-12-5-3-4-6-15(12)16(17)11-13-7-9-14(18-2)10-8-13/h3-11H,1-2H3. The minimum Gasteiger partial charge on any atom is -0.497 e. The van der Waals surface area contributed by atoms with E-state index >= 15 is 0 Å². The fraction of sp³-hybridized carbons (Fsp3) is 0.125. The van der Waals surface area contributed by atoms with Crippen molar-refractivity contribution in [2.24, 2.45) is 0 Å². The van der Waals surface area contributed by atoms with Crippen LogP contribution in [0.3, 0.4) is 0 Å². The lowest BCUT2D eigenvalue weighted by atomic mass is 10.1. The Bertz CT molecular complexity index is 556. The van der Waals surface area contributed by atoms with Crippen LogP contribution in [-0.4, -0.2) is 7.11 Å². The van der Waals surface area contributed by atoms with Crippen LogP contribution in [0.2, 0.25) is 0 Å². The molecule has 2 heteroatoms. The summed E-state index contributed by atoms with van der Waals surface area (Å²) in [6, 6.07) is 14.7. The second-order valence-corrected chi connectivity index (χ2v) is 4.08. The Labute approximate surface area is 107 Å². The maximum absolute atomic E-state index is 14.1. The highest BCUT2D eigenvalue weighted by Gasteiger charge is 2.03. The molecule has 2 aromatic carbocycles. The van der Waals surface area contributed by atoms with Gasteiger partial charge in [-0.15, -0.1) is 0 Å². The Balaban J connectivity index is 2.29. The fourth-order valence-corrected chi connectivity index (χ4v) is 1.77. The van der Waals surface area contributed by atoms with Gasteiger partial charge in [0.25, 0.3) is 0 Å². The minimum absolute atomic E-state index is 0.224. The summed E-state index contributed by atoms with van der Waals surface area (Å²) >= 11 is 0. The largest absolute Gasteiger partial charge is 0.497 e. The first kappa shape index (κ1) is 12.4. The highest BCUT2D eigenvalue weighted by molar-refractivity contribution is 5.78. The van der Waals surface area contributed by atoms with Gasteiger partial charge in [0.1, 0.15) is 11.6 Å². The summed E-state index contributed by atoms with van der Waals surface area (Å²) in [6.07, 6.45) is 1.53. The van der Waals surface area contributed by atoms with E-state index in [4.69, 9.17) is 4.74 Å². The topological polar surface area (TPSA) is 9.23 Å². The second-order valence-electron chi connectivity index (χ2n) is 4.08. The van der Waals surface area contributed by atoms with E-state index in [1.54, 1.807) is 13.2 Å². The minimum atomic E-state index is -0.224. The lowest BCUT2D eigenvalue weighted by Crippen LogP contribution is -1.84. The summed E-state index contributed by atoms with van der Waals surface area (Å²) in [5, 5.41) is 0. The molecule has 2 aromatic rings. The maximum Gasteiger partial charge on any atom is 0.131 e. The van der Waals surface area contributed by atoms with Crippen LogP contribution in [0.1, 0.15) is 16.7 Å². The van der Waals surface area contributed by atoms with Gasteiger partial charge < -0.3 is 4.74 Å². The molecule has 0 N–H and O–H groups in total. The Morgan fingerprint density at radius 3 is 2.33 bits per heavy atom. The van der Waals surface area contributed by atoms with Crippen molar-refractivity contribution < 1.29 is 9.13 Å². The van der Waals surface area contributed by atoms with Crippen molar-refractivity contribution in [1.29, 1.82) is 0 Å². The molecule has 1 nitrogen and oxygen atoms in total. The Kier molecular flexibility index (Phi) is 3.78. The molecule has 0 aromatic heterocycles. The average Bonchev–Trinajstić information content (AvgIpc) is 2.40. The van der Waals surface area contributed by atoms with Crippen molar-refractivity contribution >= 4 is 11.9 Å². The van der Waals surface area contributed by atoms with Gasteiger partial charge in [0.05, 0.1) is 7.11 Å². The number of hydrogen-bond acceptors (Lipinski definition) is 1. The molecule has 0 aliphatic heterocycles. The lowest BCUT2D eigenvalue weighted by molar-refractivity contribution is 0.415. The molecule has 0 fully saturated rings. The van der Waals surface area contributed by atoms with Crippen LogP contribution in [0.5, 0.6) is 5.75 Å². The molecule has 18 heavy (non-hydrogen) atoms. The van der Waals surface area contributed by atoms with Crippen LogP contribution in [0.25, 0.3) is 11.9 Å². The summed E-state index contributed by atoms with van der Waals surface area (Å²) < 4.78 is 19.2. The van der Waals surface area contributed by atoms with E-state index in [1.165, 1.54) is 6.08 Å². The number of benzene rings is 2. The number of rotatable bonds is 3. The highest BCUT2D eigenvalue weighted by atomic mass is 19.1. The van der Waals surface area contributed by atoms with Gasteiger partial charge in [0.2, 0.25) is 0 Å². The predicted molar refractivity (Wildman–Crippen MR) is 73.2 cm³/mol. The van der Waals surface area contributed by atoms with Gasteiger partial charge in [-0.2, -0.15) is 0 Å². The van der Waals surface area contributed by atoms with Crippen LogP contribution in [-0.2, 0) is 0 Å². The smallest absolute Gasteiger partial charge is 0.131 e. The molecule has 0 radical (unpaired) electrons. The van der Waals surface area contributed by atoms with Crippen molar-refractivity contribution in [3.63, 3.8) is 0 Å². The molecule has 0 unspecified atom stereocenters. The van der Waals surface area contributed by atoms with E-state index in [2.05, 4.69) is 0 Å². The van der Waals surface area contributed by atoms with Gasteiger partial charge in [0.15, 0.2) is 0 Å². The van der Waals surface area contributed by atoms with Crippen molar-refractivity contribution in [2.75, 3.05) is 7.11 Å². The van der Waals surface area contributed by atoms with E-state index in [9.17, 15) is 4.39 Å². The predicted octanol–water partition coefficient (Wildman–Crippen LogP) is 4.47. The summed E-state index contributed by atoms with van der Waals surface area (Å²) in [5.41, 5.74) is 2.38. The van der Waals surface area contributed by atoms with Crippen LogP contribution < -0.4 is 4.74 Å². The molecule has 0 saturated heterocycles. The second kappa shape index (κ2) is 5.50. The zero-order valence-corrected chi connectivity index (χ0v) is 10.5. The fourth-order valence-electron chi connectivity index (χ4n) is 1.77. The maximum atomic E-state index is 14.1. The zero-order chi connectivity index (χ0) is 13.0. The summed E-state index contributed by atoms with van der Waals surface area (Å²) in [6.45, 7) is 1.90. The molecule has 92 valence electrons. The number of halogens is 1. The van der Waals surface area contributed by atoms with Gasteiger partial charge in [-0.3, -0.25) is 0 Å². The average molecular weight is 242 g/mol. The van der Waals surface area contributed by atoms with Gasteiger partial charge >= 0.3 is 0 Å². The SMILES string of the molecule is COc1ccc(C=C(F)c2ccccc2C)cc1. The van der Waals surface area contributed by atoms with E-state index in [-0.39, 0.29) is 5.83 Å². The monoisotopic (exact) mass is 242 g/mol. The van der Waals surface area contributed by atoms with E-state index in [0.29, 0.717) is 5.56 Å². The number of hydrogen-bond donors (Lipinski definition) is 0. The Hall–Kier alpha value is -2.09. The summed E-state index contributed by atoms with van der Waals surface area (Å²) in [4.78, 5) is 0. The van der Waals surface area contributed by atoms with Gasteiger partial charge in [-0.25, -0.2) is 4.39 Å². The Morgan fingerprint density at radius 1 is 1.06 bits per heavy atom. The molecule has 0 atom stereocenters. The van der Waals surface area contributed by atoms with Gasteiger partial charge in [0, 0.05) is 5.56 Å². The van der Waals surface area contributed by atoms with E-state index in [1.807, 2.05) is 49.4 Å². The first-order valence-corrected chi connectivity index (χ1v) is 5.78. The first-order chi connectivity index (χ1) is 8.70. The molecule has 0 heterocycles.